The lowest BCUT2D eigenvalue weighted by atomic mass is 9.93. The van der Waals surface area contributed by atoms with Gasteiger partial charge in [-0.1, -0.05) is 26.0 Å². The molecule has 0 aliphatic rings. The summed E-state index contributed by atoms with van der Waals surface area (Å²) in [5, 5.41) is 2.87. The Morgan fingerprint density at radius 2 is 1.95 bits per heavy atom. The molecule has 0 aliphatic carbocycles. The second kappa shape index (κ2) is 5.88. The predicted molar refractivity (Wildman–Crippen MR) is 80.2 cm³/mol. The fraction of sp³-hybridized carbons (Fsp3) is 0.333. The number of H-pyrrole nitrogens is 1. The Morgan fingerprint density at radius 3 is 2.45 bits per heavy atom. The van der Waals surface area contributed by atoms with Crippen LogP contribution < -0.4 is 11.1 Å². The molecule has 0 saturated carbocycles. The van der Waals surface area contributed by atoms with Crippen LogP contribution in [0.25, 0.3) is 11.3 Å². The molecule has 0 unspecified atom stereocenters. The van der Waals surface area contributed by atoms with Crippen LogP contribution in [0.15, 0.2) is 36.8 Å². The minimum absolute atomic E-state index is 0.142. The zero-order chi connectivity index (χ0) is 14.6. The molecule has 5 heteroatoms. The highest BCUT2D eigenvalue weighted by atomic mass is 16.2. The van der Waals surface area contributed by atoms with Gasteiger partial charge in [-0.3, -0.25) is 4.79 Å². The van der Waals surface area contributed by atoms with Gasteiger partial charge in [-0.2, -0.15) is 0 Å². The normalized spacial score (nSPS) is 11.3. The number of hydrogen-bond donors (Lipinski definition) is 3. The van der Waals surface area contributed by atoms with Gasteiger partial charge in [-0.15, -0.1) is 0 Å². The highest BCUT2D eigenvalue weighted by molar-refractivity contribution is 5.98. The third kappa shape index (κ3) is 2.88. The van der Waals surface area contributed by atoms with Gasteiger partial charge < -0.3 is 16.0 Å². The fourth-order valence-electron chi connectivity index (χ4n) is 1.97. The number of hydrogen-bond acceptors (Lipinski definition) is 3. The Morgan fingerprint density at radius 1 is 1.30 bits per heavy atom. The molecule has 106 valence electrons. The number of benzene rings is 1. The third-order valence-corrected chi connectivity index (χ3v) is 3.67. The van der Waals surface area contributed by atoms with Gasteiger partial charge in [0.25, 0.3) is 0 Å². The average molecular weight is 272 g/mol. The van der Waals surface area contributed by atoms with Crippen molar-refractivity contribution in [1.29, 1.82) is 0 Å². The molecule has 0 bridgehead atoms. The first-order chi connectivity index (χ1) is 9.59. The molecule has 4 N–H and O–H groups in total. The van der Waals surface area contributed by atoms with Crippen molar-refractivity contribution in [2.24, 2.45) is 5.73 Å². The largest absolute Gasteiger partial charge is 0.345 e. The van der Waals surface area contributed by atoms with Crippen LogP contribution in [0.1, 0.15) is 26.7 Å². The lowest BCUT2D eigenvalue weighted by Gasteiger charge is -2.25. The number of carbonyl (C=O) groups is 1. The maximum absolute atomic E-state index is 12.2. The van der Waals surface area contributed by atoms with E-state index in [1.807, 2.05) is 38.1 Å². The van der Waals surface area contributed by atoms with E-state index in [1.54, 1.807) is 12.5 Å². The standard InChI is InChI=1S/C15H20N4O/c1-3-15(16,4-2)14(20)19-12-7-5-11(6-8-12)13-9-17-10-18-13/h5-10H,3-4,16H2,1-2H3,(H,17,18)(H,19,20). The highest BCUT2D eigenvalue weighted by Crippen LogP contribution is 2.20. The molecule has 2 rings (SSSR count). The van der Waals surface area contributed by atoms with Crippen LogP contribution in [0.2, 0.25) is 0 Å². The Labute approximate surface area is 118 Å². The third-order valence-electron chi connectivity index (χ3n) is 3.67. The van der Waals surface area contributed by atoms with Crippen molar-refractivity contribution in [2.75, 3.05) is 5.32 Å². The summed E-state index contributed by atoms with van der Waals surface area (Å²) < 4.78 is 0. The number of aromatic nitrogens is 2. The lowest BCUT2D eigenvalue weighted by molar-refractivity contribution is -0.121. The molecule has 1 heterocycles. The van der Waals surface area contributed by atoms with Crippen LogP contribution >= 0.6 is 0 Å². The quantitative estimate of drug-likeness (QED) is 0.782. The lowest BCUT2D eigenvalue weighted by Crippen LogP contribution is -2.50. The molecule has 20 heavy (non-hydrogen) atoms. The summed E-state index contributed by atoms with van der Waals surface area (Å²) in [6.07, 6.45) is 4.62. The number of carbonyl (C=O) groups excluding carboxylic acids is 1. The van der Waals surface area contributed by atoms with Crippen molar-refractivity contribution < 1.29 is 4.79 Å². The van der Waals surface area contributed by atoms with E-state index in [0.717, 1.165) is 16.9 Å². The van der Waals surface area contributed by atoms with E-state index < -0.39 is 5.54 Å². The minimum Gasteiger partial charge on any atom is -0.345 e. The van der Waals surface area contributed by atoms with Crippen molar-refractivity contribution in [3.63, 3.8) is 0 Å². The molecule has 0 saturated heterocycles. The summed E-state index contributed by atoms with van der Waals surface area (Å²) >= 11 is 0. The summed E-state index contributed by atoms with van der Waals surface area (Å²) in [6, 6.07) is 7.58. The number of nitrogens with two attached hydrogens (primary N) is 1. The number of nitrogens with one attached hydrogen (secondary N) is 2. The number of anilines is 1. The number of amides is 1. The second-order valence-corrected chi connectivity index (χ2v) is 4.86. The van der Waals surface area contributed by atoms with Crippen LogP contribution in [-0.2, 0) is 4.79 Å². The monoisotopic (exact) mass is 272 g/mol. The Hall–Kier alpha value is -2.14. The average Bonchev–Trinajstić information content (AvgIpc) is 3.01. The number of aromatic amines is 1. The molecule has 0 fully saturated rings. The van der Waals surface area contributed by atoms with Gasteiger partial charge >= 0.3 is 0 Å². The fourth-order valence-corrected chi connectivity index (χ4v) is 1.97. The first-order valence-corrected chi connectivity index (χ1v) is 6.78. The molecule has 1 aromatic carbocycles. The summed E-state index contributed by atoms with van der Waals surface area (Å²) in [4.78, 5) is 19.2. The van der Waals surface area contributed by atoms with Gasteiger partial charge in [0, 0.05) is 5.69 Å². The van der Waals surface area contributed by atoms with Crippen molar-refractivity contribution in [2.45, 2.75) is 32.2 Å². The molecule has 1 amide bonds. The van der Waals surface area contributed by atoms with E-state index in [1.165, 1.54) is 0 Å². The van der Waals surface area contributed by atoms with E-state index in [9.17, 15) is 4.79 Å². The van der Waals surface area contributed by atoms with Gasteiger partial charge in [0.15, 0.2) is 0 Å². The minimum atomic E-state index is -0.804. The highest BCUT2D eigenvalue weighted by Gasteiger charge is 2.29. The number of rotatable bonds is 5. The topological polar surface area (TPSA) is 83.8 Å². The molecule has 0 atom stereocenters. The Balaban J connectivity index is 2.10. The zero-order valence-electron chi connectivity index (χ0n) is 11.8. The van der Waals surface area contributed by atoms with Crippen molar-refractivity contribution in [1.82, 2.24) is 9.97 Å². The second-order valence-electron chi connectivity index (χ2n) is 4.86. The number of imidazole rings is 1. The van der Waals surface area contributed by atoms with E-state index in [0.29, 0.717) is 12.8 Å². The van der Waals surface area contributed by atoms with E-state index >= 15 is 0 Å². The van der Waals surface area contributed by atoms with Crippen molar-refractivity contribution >= 4 is 11.6 Å². The molecule has 0 aliphatic heterocycles. The summed E-state index contributed by atoms with van der Waals surface area (Å²) in [7, 11) is 0. The molecular formula is C15H20N4O. The van der Waals surface area contributed by atoms with Crippen LogP contribution in [0.3, 0.4) is 0 Å². The van der Waals surface area contributed by atoms with Crippen LogP contribution in [0.5, 0.6) is 0 Å². The van der Waals surface area contributed by atoms with Gasteiger partial charge in [0.2, 0.25) is 5.91 Å². The van der Waals surface area contributed by atoms with Gasteiger partial charge in [-0.25, -0.2) is 4.98 Å². The van der Waals surface area contributed by atoms with E-state index in [4.69, 9.17) is 5.73 Å². The summed E-state index contributed by atoms with van der Waals surface area (Å²) in [5.41, 5.74) is 7.97. The van der Waals surface area contributed by atoms with E-state index in [-0.39, 0.29) is 5.91 Å². The Kier molecular flexibility index (Phi) is 4.20. The first kappa shape index (κ1) is 14.3. The molecular weight excluding hydrogens is 252 g/mol. The smallest absolute Gasteiger partial charge is 0.244 e. The van der Waals surface area contributed by atoms with Crippen molar-refractivity contribution in [3.05, 3.63) is 36.8 Å². The Bertz CT molecular complexity index is 556. The van der Waals surface area contributed by atoms with Crippen LogP contribution in [0.4, 0.5) is 5.69 Å². The molecule has 2 aromatic rings. The zero-order valence-corrected chi connectivity index (χ0v) is 11.8. The molecule has 0 spiro atoms. The van der Waals surface area contributed by atoms with Crippen LogP contribution in [-0.4, -0.2) is 21.4 Å². The number of nitrogens with zero attached hydrogens (tertiary/aromatic N) is 1. The molecule has 5 nitrogen and oxygen atoms in total. The molecule has 0 radical (unpaired) electrons. The SMILES string of the molecule is CCC(N)(CC)C(=O)Nc1ccc(-c2cnc[nH]2)cc1. The first-order valence-electron chi connectivity index (χ1n) is 6.78. The molecule has 1 aromatic heterocycles. The van der Waals surface area contributed by atoms with Gasteiger partial charge in [-0.05, 0) is 30.5 Å². The predicted octanol–water partition coefficient (Wildman–Crippen LogP) is 2.53. The summed E-state index contributed by atoms with van der Waals surface area (Å²) in [5.74, 6) is -0.142. The van der Waals surface area contributed by atoms with Gasteiger partial charge in [0.1, 0.15) is 0 Å². The maximum Gasteiger partial charge on any atom is 0.244 e. The van der Waals surface area contributed by atoms with Crippen LogP contribution in [0, 0.1) is 0 Å². The van der Waals surface area contributed by atoms with E-state index in [2.05, 4.69) is 15.3 Å². The van der Waals surface area contributed by atoms with Crippen molar-refractivity contribution in [3.8, 4) is 11.3 Å². The maximum atomic E-state index is 12.2. The summed E-state index contributed by atoms with van der Waals surface area (Å²) in [6.45, 7) is 3.84. The van der Waals surface area contributed by atoms with Gasteiger partial charge in [0.05, 0.1) is 23.8 Å².